The predicted molar refractivity (Wildman–Crippen MR) is 28.1 cm³/mol. The molecule has 0 amide bonds. The first-order valence-electron chi connectivity index (χ1n) is 1.28. The van der Waals surface area contributed by atoms with E-state index in [0.29, 0.717) is 0 Å². The van der Waals surface area contributed by atoms with Crippen LogP contribution < -0.4 is 0 Å². The molecule has 50 valence electrons. The molecule has 0 saturated heterocycles. The van der Waals surface area contributed by atoms with Crippen LogP contribution in [0.25, 0.3) is 0 Å². The predicted octanol–water partition coefficient (Wildman–Crippen LogP) is 0.964. The van der Waals surface area contributed by atoms with Crippen molar-refractivity contribution in [3.63, 3.8) is 0 Å². The third-order valence-corrected chi connectivity index (χ3v) is 0. The van der Waals surface area contributed by atoms with Crippen LogP contribution in [-0.2, 0) is 25.6 Å². The van der Waals surface area contributed by atoms with Crippen molar-refractivity contribution in [3.05, 3.63) is 7.43 Å². The first-order valence-corrected chi connectivity index (χ1v) is 3.83. The second-order valence-corrected chi connectivity index (χ2v) is 3.88. The van der Waals surface area contributed by atoms with Crippen LogP contribution in [-0.4, -0.2) is 18.2 Å². The maximum atomic E-state index is 9.77. The van der Waals surface area contributed by atoms with Crippen molar-refractivity contribution in [2.75, 3.05) is 13.3 Å². The van der Waals surface area contributed by atoms with E-state index in [2.05, 4.69) is 0 Å². The molecule has 0 unspecified atom stereocenters. The maximum absolute atomic E-state index is 9.77. The molecule has 4 heteroatoms. The molecule has 0 aromatic rings. The third kappa shape index (κ3) is 212. The first-order chi connectivity index (χ1) is 2.00. The fourth-order valence-electron chi connectivity index (χ4n) is 0. The average molecular weight is 304 g/mol. The summed E-state index contributed by atoms with van der Waals surface area (Å²) in [4.78, 5) is 8.08. The van der Waals surface area contributed by atoms with Gasteiger partial charge in [0.25, 0.3) is 0 Å². The van der Waals surface area contributed by atoms with Gasteiger partial charge in [-0.1, -0.05) is 0 Å². The van der Waals surface area contributed by atoms with Gasteiger partial charge in [-0.15, -0.1) is 0 Å². The second kappa shape index (κ2) is 5.02. The largest absolute Gasteiger partial charge is 0.358 e. The molecule has 0 bridgehead atoms. The van der Waals surface area contributed by atoms with Gasteiger partial charge in [-0.25, -0.2) is 0 Å². The molecule has 0 spiro atoms. The van der Waals surface area contributed by atoms with Gasteiger partial charge in [-0.05, 0) is 0 Å². The normalized spacial score (nSPS) is 8.43. The summed E-state index contributed by atoms with van der Waals surface area (Å²) in [7, 11) is -2.64. The summed E-state index contributed by atoms with van der Waals surface area (Å²) in [5.74, 6) is 0. The summed E-state index contributed by atoms with van der Waals surface area (Å²) in [6.07, 6.45) is 0. The van der Waals surface area contributed by atoms with Gasteiger partial charge in [-0.3, -0.25) is 4.57 Å². The molecule has 7 heavy (non-hydrogen) atoms. The monoisotopic (exact) mass is 304 g/mol. The molecule has 0 heterocycles. The average Bonchev–Trinajstić information content (AvgIpc) is 0.722. The minimum Gasteiger partial charge on any atom is -0.358 e. The van der Waals surface area contributed by atoms with Gasteiger partial charge in [0.1, 0.15) is 0 Å². The van der Waals surface area contributed by atoms with E-state index in [-0.39, 0.29) is 28.5 Å². The van der Waals surface area contributed by atoms with E-state index in [1.165, 1.54) is 13.3 Å². The van der Waals surface area contributed by atoms with Gasteiger partial charge in [0.2, 0.25) is 0 Å². The Labute approximate surface area is 59.0 Å². The standard InChI is InChI=1S/C2H7O2P.CH3.Pt/c1-5(2,3)4;;/h1-2H3,(H,3,4);1H3;/q;-1;. The molecular weight excluding hydrogens is 294 g/mol. The van der Waals surface area contributed by atoms with Crippen molar-refractivity contribution >= 4 is 7.37 Å². The molecule has 0 aliphatic carbocycles. The molecule has 0 fully saturated rings. The van der Waals surface area contributed by atoms with Crippen LogP contribution in [0.15, 0.2) is 0 Å². The molecule has 0 aliphatic heterocycles. The second-order valence-electron chi connectivity index (χ2n) is 1.29. The Balaban J connectivity index is -0.0000000800. The number of hydrogen-bond donors (Lipinski definition) is 1. The molecule has 2 nitrogen and oxygen atoms in total. The molecule has 0 aliphatic rings. The molecule has 1 N–H and O–H groups in total. The van der Waals surface area contributed by atoms with Crippen molar-refractivity contribution < 1.29 is 30.5 Å². The zero-order valence-corrected chi connectivity index (χ0v) is 7.79. The molecule has 0 saturated carbocycles. The smallest absolute Gasteiger partial charge is 0.194 e. The van der Waals surface area contributed by atoms with E-state index in [1.54, 1.807) is 0 Å². The molecule has 0 rings (SSSR count). The van der Waals surface area contributed by atoms with Crippen LogP contribution in [0.1, 0.15) is 0 Å². The van der Waals surface area contributed by atoms with Crippen molar-refractivity contribution in [1.82, 2.24) is 0 Å². The summed E-state index contributed by atoms with van der Waals surface area (Å²) < 4.78 is 9.77. The van der Waals surface area contributed by atoms with E-state index in [9.17, 15) is 4.57 Å². The van der Waals surface area contributed by atoms with Gasteiger partial charge in [0.15, 0.2) is 7.37 Å². The molecule has 0 radical (unpaired) electrons. The van der Waals surface area contributed by atoms with Crippen LogP contribution in [0.5, 0.6) is 0 Å². The van der Waals surface area contributed by atoms with Crippen LogP contribution in [0.4, 0.5) is 0 Å². The van der Waals surface area contributed by atoms with Gasteiger partial charge >= 0.3 is 0 Å². The van der Waals surface area contributed by atoms with E-state index in [0.717, 1.165) is 0 Å². The minimum absolute atomic E-state index is 0. The Bertz CT molecular complexity index is 59.1. The Hall–Kier alpha value is 0.878. The van der Waals surface area contributed by atoms with E-state index >= 15 is 0 Å². The summed E-state index contributed by atoms with van der Waals surface area (Å²) in [5.41, 5.74) is 0. The Morgan fingerprint density at radius 1 is 1.43 bits per heavy atom. The van der Waals surface area contributed by atoms with Gasteiger partial charge < -0.3 is 12.3 Å². The van der Waals surface area contributed by atoms with Crippen LogP contribution in [0.3, 0.4) is 0 Å². The quantitative estimate of drug-likeness (QED) is 0.535. The Morgan fingerprint density at radius 3 is 1.43 bits per heavy atom. The summed E-state index contributed by atoms with van der Waals surface area (Å²) in [6, 6.07) is 0. The minimum atomic E-state index is -2.64. The SMILES string of the molecule is CP(C)(=O)O.[CH3-].[Pt]. The third-order valence-electron chi connectivity index (χ3n) is 0. The van der Waals surface area contributed by atoms with E-state index < -0.39 is 7.37 Å². The zero-order valence-electron chi connectivity index (χ0n) is 4.62. The first kappa shape index (κ1) is 15.7. The van der Waals surface area contributed by atoms with Gasteiger partial charge in [-0.2, -0.15) is 0 Å². The number of hydrogen-bond acceptors (Lipinski definition) is 1. The molecular formula is C3H10O2PPt-. The fourth-order valence-corrected chi connectivity index (χ4v) is 0. The Morgan fingerprint density at radius 2 is 1.43 bits per heavy atom. The fraction of sp³-hybridized carbons (Fsp3) is 0.667. The van der Waals surface area contributed by atoms with Crippen LogP contribution in [0.2, 0.25) is 0 Å². The van der Waals surface area contributed by atoms with Crippen LogP contribution in [0, 0.1) is 7.43 Å². The molecule has 0 aromatic carbocycles. The topological polar surface area (TPSA) is 37.3 Å². The van der Waals surface area contributed by atoms with E-state index in [1.807, 2.05) is 0 Å². The van der Waals surface area contributed by atoms with Crippen LogP contribution >= 0.6 is 7.37 Å². The van der Waals surface area contributed by atoms with Gasteiger partial charge in [0, 0.05) is 34.4 Å². The van der Waals surface area contributed by atoms with Crippen molar-refractivity contribution in [1.29, 1.82) is 0 Å². The van der Waals surface area contributed by atoms with Gasteiger partial charge in [0.05, 0.1) is 0 Å². The molecule has 0 aromatic heterocycles. The summed E-state index contributed by atoms with van der Waals surface area (Å²) in [6.45, 7) is 2.60. The molecule has 0 atom stereocenters. The van der Waals surface area contributed by atoms with E-state index in [4.69, 9.17) is 4.89 Å². The zero-order chi connectivity index (χ0) is 4.50. The summed E-state index contributed by atoms with van der Waals surface area (Å²) >= 11 is 0. The maximum Gasteiger partial charge on any atom is 0.194 e. The summed E-state index contributed by atoms with van der Waals surface area (Å²) in [5, 5.41) is 0. The van der Waals surface area contributed by atoms with Crippen molar-refractivity contribution in [2.24, 2.45) is 0 Å². The van der Waals surface area contributed by atoms with Crippen molar-refractivity contribution in [3.8, 4) is 0 Å². The number of rotatable bonds is 0. The Kier molecular flexibility index (Phi) is 11.2. The van der Waals surface area contributed by atoms with Crippen molar-refractivity contribution in [2.45, 2.75) is 0 Å².